The summed E-state index contributed by atoms with van der Waals surface area (Å²) < 4.78 is 41.6. The van der Waals surface area contributed by atoms with Gasteiger partial charge in [0.25, 0.3) is 0 Å². The fourth-order valence-corrected chi connectivity index (χ4v) is 2.18. The SMILES string of the molecule is CC1CNCCN1c1ccccc1OCC(F)(F)F.Cl.Cl. The van der Waals surface area contributed by atoms with Gasteiger partial charge < -0.3 is 15.0 Å². The van der Waals surface area contributed by atoms with Crippen molar-refractivity contribution in [1.29, 1.82) is 0 Å². The zero-order valence-electron chi connectivity index (χ0n) is 11.5. The summed E-state index contributed by atoms with van der Waals surface area (Å²) in [7, 11) is 0. The number of hydrogen-bond acceptors (Lipinski definition) is 3. The number of alkyl halides is 3. The van der Waals surface area contributed by atoms with Crippen molar-refractivity contribution in [1.82, 2.24) is 5.32 Å². The molecule has 1 heterocycles. The molecule has 1 unspecified atom stereocenters. The molecule has 122 valence electrons. The summed E-state index contributed by atoms with van der Waals surface area (Å²) in [5, 5.41) is 3.25. The largest absolute Gasteiger partial charge is 0.482 e. The molecule has 8 heteroatoms. The highest BCUT2D eigenvalue weighted by molar-refractivity contribution is 5.85. The van der Waals surface area contributed by atoms with Crippen LogP contribution < -0.4 is 15.0 Å². The van der Waals surface area contributed by atoms with E-state index in [-0.39, 0.29) is 36.6 Å². The van der Waals surface area contributed by atoms with Crippen LogP contribution in [0, 0.1) is 0 Å². The van der Waals surface area contributed by atoms with Crippen LogP contribution in [0.25, 0.3) is 0 Å². The van der Waals surface area contributed by atoms with E-state index in [9.17, 15) is 13.2 Å². The zero-order valence-corrected chi connectivity index (χ0v) is 13.2. The molecule has 1 fully saturated rings. The molecule has 3 nitrogen and oxygen atoms in total. The smallest absolute Gasteiger partial charge is 0.422 e. The molecule has 1 saturated heterocycles. The highest BCUT2D eigenvalue weighted by Gasteiger charge is 2.29. The number of nitrogens with one attached hydrogen (secondary N) is 1. The van der Waals surface area contributed by atoms with Crippen LogP contribution in [-0.4, -0.2) is 38.5 Å². The third kappa shape index (κ3) is 5.80. The molecule has 21 heavy (non-hydrogen) atoms. The Kier molecular flexibility index (Phi) is 8.21. The van der Waals surface area contributed by atoms with Gasteiger partial charge in [0.1, 0.15) is 5.75 Å². The molecule has 0 aliphatic carbocycles. The summed E-state index contributed by atoms with van der Waals surface area (Å²) in [6.07, 6.45) is -4.32. The van der Waals surface area contributed by atoms with Crippen LogP contribution in [0.1, 0.15) is 6.92 Å². The predicted molar refractivity (Wildman–Crippen MR) is 82.2 cm³/mol. The maximum atomic E-state index is 12.2. The first-order valence-corrected chi connectivity index (χ1v) is 6.23. The minimum absolute atomic E-state index is 0. The van der Waals surface area contributed by atoms with Crippen molar-refractivity contribution in [3.63, 3.8) is 0 Å². The molecule has 2 rings (SSSR count). The summed E-state index contributed by atoms with van der Waals surface area (Å²) in [4.78, 5) is 2.07. The molecule has 0 aromatic heterocycles. The lowest BCUT2D eigenvalue weighted by atomic mass is 10.1. The second kappa shape index (κ2) is 8.56. The van der Waals surface area contributed by atoms with Crippen LogP contribution in [0.4, 0.5) is 18.9 Å². The van der Waals surface area contributed by atoms with E-state index in [1.807, 2.05) is 13.0 Å². The first-order valence-electron chi connectivity index (χ1n) is 6.23. The third-order valence-electron chi connectivity index (χ3n) is 3.07. The molecular formula is C13H19Cl2F3N2O. The standard InChI is InChI=1S/C13H17F3N2O.2ClH/c1-10-8-17-6-7-18(10)11-4-2-3-5-12(11)19-9-13(14,15)16;;/h2-5,10,17H,6-9H2,1H3;2*1H. The van der Waals surface area contributed by atoms with Crippen molar-refractivity contribution < 1.29 is 17.9 Å². The Morgan fingerprint density at radius 1 is 1.29 bits per heavy atom. The van der Waals surface area contributed by atoms with Crippen molar-refractivity contribution in [2.24, 2.45) is 0 Å². The van der Waals surface area contributed by atoms with Crippen LogP contribution in [-0.2, 0) is 0 Å². The Bertz CT molecular complexity index is 432. The van der Waals surface area contributed by atoms with E-state index < -0.39 is 12.8 Å². The van der Waals surface area contributed by atoms with Crippen LogP contribution >= 0.6 is 24.8 Å². The first-order chi connectivity index (χ1) is 8.97. The summed E-state index contributed by atoms with van der Waals surface area (Å²) in [6, 6.07) is 7.10. The number of hydrogen-bond donors (Lipinski definition) is 1. The van der Waals surface area contributed by atoms with Gasteiger partial charge in [-0.25, -0.2) is 0 Å². The Morgan fingerprint density at radius 3 is 2.57 bits per heavy atom. The highest BCUT2D eigenvalue weighted by Crippen LogP contribution is 2.31. The van der Waals surface area contributed by atoms with Crippen molar-refractivity contribution in [3.05, 3.63) is 24.3 Å². The average Bonchev–Trinajstić information content (AvgIpc) is 2.37. The number of benzene rings is 1. The number of nitrogens with zero attached hydrogens (tertiary/aromatic N) is 1. The van der Waals surface area contributed by atoms with Crippen LogP contribution in [0.15, 0.2) is 24.3 Å². The number of para-hydroxylation sites is 2. The first kappa shape index (κ1) is 20.1. The summed E-state index contributed by atoms with van der Waals surface area (Å²) in [5.41, 5.74) is 0.723. The number of piperazine rings is 1. The lowest BCUT2D eigenvalue weighted by molar-refractivity contribution is -0.153. The monoisotopic (exact) mass is 346 g/mol. The molecule has 0 amide bonds. The van der Waals surface area contributed by atoms with E-state index in [0.29, 0.717) is 0 Å². The van der Waals surface area contributed by atoms with Gasteiger partial charge >= 0.3 is 6.18 Å². The molecule has 0 spiro atoms. The minimum atomic E-state index is -4.32. The van der Waals surface area contributed by atoms with Gasteiger partial charge in [-0.1, -0.05) is 12.1 Å². The van der Waals surface area contributed by atoms with Crippen LogP contribution in [0.3, 0.4) is 0 Å². The summed E-state index contributed by atoms with van der Waals surface area (Å²) in [5.74, 6) is 0.286. The van der Waals surface area contributed by atoms with Crippen molar-refractivity contribution in [2.45, 2.75) is 19.1 Å². The van der Waals surface area contributed by atoms with Gasteiger partial charge in [0.2, 0.25) is 0 Å². The van der Waals surface area contributed by atoms with Crippen molar-refractivity contribution in [2.75, 3.05) is 31.1 Å². The van der Waals surface area contributed by atoms with E-state index in [1.165, 1.54) is 0 Å². The molecule has 1 atom stereocenters. The van der Waals surface area contributed by atoms with Gasteiger partial charge in [0.05, 0.1) is 5.69 Å². The Balaban J connectivity index is 0.00000200. The van der Waals surface area contributed by atoms with Gasteiger partial charge in [-0.3, -0.25) is 0 Å². The summed E-state index contributed by atoms with van der Waals surface area (Å²) >= 11 is 0. The van der Waals surface area contributed by atoms with Crippen LogP contribution in [0.5, 0.6) is 5.75 Å². The van der Waals surface area contributed by atoms with Crippen LogP contribution in [0.2, 0.25) is 0 Å². The Morgan fingerprint density at radius 2 is 1.95 bits per heavy atom. The number of ether oxygens (including phenoxy) is 1. The maximum absolute atomic E-state index is 12.2. The van der Waals surface area contributed by atoms with Gasteiger partial charge in [-0.15, -0.1) is 24.8 Å². The molecule has 0 bridgehead atoms. The number of rotatable bonds is 3. The number of halogens is 5. The van der Waals surface area contributed by atoms with Gasteiger partial charge in [0.15, 0.2) is 6.61 Å². The van der Waals surface area contributed by atoms with E-state index in [1.54, 1.807) is 18.2 Å². The fourth-order valence-electron chi connectivity index (χ4n) is 2.18. The topological polar surface area (TPSA) is 24.5 Å². The van der Waals surface area contributed by atoms with E-state index in [0.717, 1.165) is 25.3 Å². The molecule has 0 radical (unpaired) electrons. The Hall–Kier alpha value is -0.850. The van der Waals surface area contributed by atoms with E-state index >= 15 is 0 Å². The third-order valence-corrected chi connectivity index (χ3v) is 3.07. The second-order valence-corrected chi connectivity index (χ2v) is 4.62. The van der Waals surface area contributed by atoms with Gasteiger partial charge in [0, 0.05) is 25.7 Å². The quantitative estimate of drug-likeness (QED) is 0.908. The lowest BCUT2D eigenvalue weighted by Crippen LogP contribution is -2.50. The number of anilines is 1. The average molecular weight is 347 g/mol. The van der Waals surface area contributed by atoms with Gasteiger partial charge in [-0.05, 0) is 19.1 Å². The predicted octanol–water partition coefficient (Wildman–Crippen LogP) is 3.27. The zero-order chi connectivity index (χ0) is 13.9. The summed E-state index contributed by atoms with van der Waals surface area (Å²) in [6.45, 7) is 3.16. The molecule has 1 N–H and O–H groups in total. The van der Waals surface area contributed by atoms with E-state index in [2.05, 4.69) is 10.2 Å². The van der Waals surface area contributed by atoms with Crippen molar-refractivity contribution in [3.8, 4) is 5.75 Å². The second-order valence-electron chi connectivity index (χ2n) is 4.62. The van der Waals surface area contributed by atoms with Crippen molar-refractivity contribution >= 4 is 30.5 Å². The molecule has 0 saturated carbocycles. The normalized spacial score (nSPS) is 18.5. The minimum Gasteiger partial charge on any atom is -0.482 e. The van der Waals surface area contributed by atoms with Gasteiger partial charge in [-0.2, -0.15) is 13.2 Å². The lowest BCUT2D eigenvalue weighted by Gasteiger charge is -2.36. The molecule has 1 aromatic carbocycles. The molecule has 1 aliphatic heterocycles. The highest BCUT2D eigenvalue weighted by atomic mass is 35.5. The molecule has 1 aromatic rings. The maximum Gasteiger partial charge on any atom is 0.422 e. The fraction of sp³-hybridized carbons (Fsp3) is 0.538. The molecular weight excluding hydrogens is 328 g/mol. The Labute approximate surface area is 134 Å². The molecule has 1 aliphatic rings. The van der Waals surface area contributed by atoms with E-state index in [4.69, 9.17) is 4.74 Å².